The highest BCUT2D eigenvalue weighted by Gasteiger charge is 2.31. The number of sulfonamides is 1. The van der Waals surface area contributed by atoms with Gasteiger partial charge in [-0.05, 0) is 55.6 Å². The fraction of sp³-hybridized carbons (Fsp3) is 0.320. The molecule has 1 atom stereocenters. The first-order valence-corrected chi connectivity index (χ1v) is 13.0. The van der Waals surface area contributed by atoms with Gasteiger partial charge in [0, 0.05) is 31.0 Å². The van der Waals surface area contributed by atoms with Gasteiger partial charge in [0.2, 0.25) is 10.0 Å². The number of aromatic nitrogens is 2. The number of amides is 1. The molecule has 1 aromatic heterocycles. The molecule has 2 aromatic carbocycles. The fourth-order valence-corrected chi connectivity index (χ4v) is 5.77. The van der Waals surface area contributed by atoms with Crippen LogP contribution in [0.15, 0.2) is 65.8 Å². The highest BCUT2D eigenvalue weighted by molar-refractivity contribution is 7.89. The van der Waals surface area contributed by atoms with E-state index in [2.05, 4.69) is 20.6 Å². The summed E-state index contributed by atoms with van der Waals surface area (Å²) in [6, 6.07) is 12.5. The molecular formula is C25H28FN5O3S. The molecule has 1 amide bonds. The normalized spacial score (nSPS) is 16.3. The molecule has 0 spiro atoms. The van der Waals surface area contributed by atoms with Gasteiger partial charge >= 0.3 is 0 Å². The van der Waals surface area contributed by atoms with Crippen LogP contribution in [0.25, 0.3) is 11.4 Å². The zero-order valence-electron chi connectivity index (χ0n) is 19.4. The van der Waals surface area contributed by atoms with Gasteiger partial charge in [0.15, 0.2) is 5.82 Å². The number of piperidine rings is 1. The molecule has 10 heteroatoms. The molecule has 4 rings (SSSR count). The predicted octanol–water partition coefficient (Wildman–Crippen LogP) is 3.32. The number of hydrogen-bond donors (Lipinski definition) is 2. The van der Waals surface area contributed by atoms with Gasteiger partial charge in [-0.1, -0.05) is 31.2 Å². The lowest BCUT2D eigenvalue weighted by Crippen LogP contribution is -2.50. The van der Waals surface area contributed by atoms with Crippen molar-refractivity contribution in [3.63, 3.8) is 0 Å². The van der Waals surface area contributed by atoms with Gasteiger partial charge in [-0.2, -0.15) is 4.31 Å². The third-order valence-corrected chi connectivity index (χ3v) is 7.88. The van der Waals surface area contributed by atoms with E-state index in [1.165, 1.54) is 28.8 Å². The van der Waals surface area contributed by atoms with E-state index in [0.717, 1.165) is 25.8 Å². The monoisotopic (exact) mass is 497 g/mol. The zero-order chi connectivity index (χ0) is 24.8. The molecule has 0 saturated carbocycles. The lowest BCUT2D eigenvalue weighted by molar-refractivity contribution is 0.0950. The van der Waals surface area contributed by atoms with Crippen molar-refractivity contribution in [2.75, 3.05) is 13.1 Å². The smallest absolute Gasteiger partial charge is 0.254 e. The van der Waals surface area contributed by atoms with E-state index in [9.17, 15) is 17.6 Å². The quantitative estimate of drug-likeness (QED) is 0.495. The predicted molar refractivity (Wildman–Crippen MR) is 130 cm³/mol. The van der Waals surface area contributed by atoms with Crippen LogP contribution in [0.1, 0.15) is 42.1 Å². The van der Waals surface area contributed by atoms with Crippen molar-refractivity contribution in [3.8, 4) is 11.4 Å². The van der Waals surface area contributed by atoms with Crippen LogP contribution in [0.2, 0.25) is 0 Å². The van der Waals surface area contributed by atoms with Crippen LogP contribution in [0, 0.1) is 5.82 Å². The van der Waals surface area contributed by atoms with Crippen LogP contribution in [0.3, 0.4) is 0 Å². The first kappa shape index (κ1) is 24.9. The minimum atomic E-state index is -3.69. The Labute approximate surface area is 204 Å². The highest BCUT2D eigenvalue weighted by atomic mass is 32.2. The Kier molecular flexibility index (Phi) is 7.84. The maximum atomic E-state index is 13.4. The molecule has 8 nitrogen and oxygen atoms in total. The molecule has 184 valence electrons. The van der Waals surface area contributed by atoms with Crippen molar-refractivity contribution >= 4 is 15.9 Å². The summed E-state index contributed by atoms with van der Waals surface area (Å²) in [6.45, 7) is 3.14. The van der Waals surface area contributed by atoms with Gasteiger partial charge in [0.25, 0.3) is 5.91 Å². The maximum absolute atomic E-state index is 13.4. The molecule has 1 saturated heterocycles. The van der Waals surface area contributed by atoms with Crippen molar-refractivity contribution in [1.29, 1.82) is 0 Å². The Hall–Kier alpha value is -3.21. The van der Waals surface area contributed by atoms with E-state index in [0.29, 0.717) is 23.5 Å². The zero-order valence-corrected chi connectivity index (χ0v) is 20.3. The standard InChI is InChI=1S/C25H28FN5O3S/c1-2-31(23-11-3-4-12-27-23)35(33,34)22-10-5-7-18(13-22)15-30-25(32)20-16-28-24(29-17-20)19-8-6-9-21(26)14-19/h5-10,13-14,16-17,23,27H,2-4,11-12,15H2,1H3,(H,30,32). The Morgan fingerprint density at radius 3 is 2.60 bits per heavy atom. The molecule has 3 aromatic rings. The van der Waals surface area contributed by atoms with Crippen molar-refractivity contribution < 1.29 is 17.6 Å². The summed E-state index contributed by atoms with van der Waals surface area (Å²) in [5.74, 6) is -0.480. The van der Waals surface area contributed by atoms with Crippen LogP contribution in [0.4, 0.5) is 4.39 Å². The van der Waals surface area contributed by atoms with Crippen LogP contribution in [-0.2, 0) is 16.6 Å². The Morgan fingerprint density at radius 2 is 1.91 bits per heavy atom. The van der Waals surface area contributed by atoms with Crippen molar-refractivity contribution in [2.24, 2.45) is 0 Å². The SMILES string of the molecule is CCN(C1CCCCN1)S(=O)(=O)c1cccc(CNC(=O)c2cnc(-c3cccc(F)c3)nc2)c1. The summed E-state index contributed by atoms with van der Waals surface area (Å²) < 4.78 is 41.5. The third-order valence-electron chi connectivity index (χ3n) is 5.90. The minimum Gasteiger partial charge on any atom is -0.348 e. The molecular weight excluding hydrogens is 469 g/mol. The second kappa shape index (κ2) is 11.0. The molecule has 1 fully saturated rings. The molecule has 1 aliphatic heterocycles. The van der Waals surface area contributed by atoms with Crippen molar-refractivity contribution in [2.45, 2.75) is 43.8 Å². The third kappa shape index (κ3) is 5.90. The van der Waals surface area contributed by atoms with Crippen LogP contribution >= 0.6 is 0 Å². The molecule has 1 aliphatic rings. The van der Waals surface area contributed by atoms with Gasteiger partial charge < -0.3 is 10.6 Å². The number of rotatable bonds is 8. The van der Waals surface area contributed by atoms with Crippen molar-refractivity contribution in [1.82, 2.24) is 24.9 Å². The first-order chi connectivity index (χ1) is 16.9. The average Bonchev–Trinajstić information content (AvgIpc) is 2.88. The summed E-state index contributed by atoms with van der Waals surface area (Å²) in [5.41, 5.74) is 1.42. The molecule has 0 radical (unpaired) electrons. The van der Waals surface area contributed by atoms with E-state index in [1.807, 2.05) is 6.92 Å². The average molecular weight is 498 g/mol. The molecule has 35 heavy (non-hydrogen) atoms. The Balaban J connectivity index is 1.42. The van der Waals surface area contributed by atoms with E-state index < -0.39 is 21.7 Å². The summed E-state index contributed by atoms with van der Waals surface area (Å²) in [5, 5.41) is 6.06. The van der Waals surface area contributed by atoms with E-state index >= 15 is 0 Å². The van der Waals surface area contributed by atoms with Crippen molar-refractivity contribution in [3.05, 3.63) is 77.9 Å². The Morgan fingerprint density at radius 1 is 1.14 bits per heavy atom. The molecule has 0 bridgehead atoms. The molecule has 2 heterocycles. The van der Waals surface area contributed by atoms with Crippen LogP contribution in [-0.4, -0.2) is 47.9 Å². The fourth-order valence-electron chi connectivity index (χ4n) is 4.09. The van der Waals surface area contributed by atoms with Gasteiger partial charge in [-0.25, -0.2) is 22.8 Å². The summed E-state index contributed by atoms with van der Waals surface area (Å²) in [7, 11) is -3.69. The van der Waals surface area contributed by atoms with Crippen LogP contribution in [0.5, 0.6) is 0 Å². The summed E-state index contributed by atoms with van der Waals surface area (Å²) in [4.78, 5) is 21.1. The second-order valence-corrected chi connectivity index (χ2v) is 10.2. The lowest BCUT2D eigenvalue weighted by atomic mass is 10.1. The van der Waals surface area contributed by atoms with E-state index in [4.69, 9.17) is 0 Å². The largest absolute Gasteiger partial charge is 0.348 e. The van der Waals surface area contributed by atoms with Gasteiger partial charge in [0.1, 0.15) is 5.82 Å². The molecule has 1 unspecified atom stereocenters. The minimum absolute atomic E-state index is 0.141. The topological polar surface area (TPSA) is 104 Å². The second-order valence-electron chi connectivity index (χ2n) is 8.31. The number of halogens is 1. The first-order valence-electron chi connectivity index (χ1n) is 11.6. The molecule has 0 aliphatic carbocycles. The van der Waals surface area contributed by atoms with E-state index in [-0.39, 0.29) is 23.2 Å². The summed E-state index contributed by atoms with van der Waals surface area (Å²) in [6.07, 6.45) is 5.35. The van der Waals surface area contributed by atoms with Gasteiger partial charge in [0.05, 0.1) is 16.6 Å². The Bertz CT molecular complexity index is 1280. The number of carbonyl (C=O) groups excluding carboxylic acids is 1. The number of hydrogen-bond acceptors (Lipinski definition) is 6. The number of nitrogens with one attached hydrogen (secondary N) is 2. The number of benzene rings is 2. The van der Waals surface area contributed by atoms with E-state index in [1.54, 1.807) is 36.4 Å². The number of carbonyl (C=O) groups is 1. The highest BCUT2D eigenvalue weighted by Crippen LogP contribution is 2.22. The molecule has 2 N–H and O–H groups in total. The van der Waals surface area contributed by atoms with Crippen LogP contribution < -0.4 is 10.6 Å². The van der Waals surface area contributed by atoms with Gasteiger partial charge in [-0.15, -0.1) is 0 Å². The van der Waals surface area contributed by atoms with Gasteiger partial charge in [-0.3, -0.25) is 4.79 Å². The summed E-state index contributed by atoms with van der Waals surface area (Å²) >= 11 is 0. The number of nitrogens with zero attached hydrogens (tertiary/aromatic N) is 3. The maximum Gasteiger partial charge on any atom is 0.254 e. The lowest BCUT2D eigenvalue weighted by Gasteiger charge is -2.33.